The van der Waals surface area contributed by atoms with E-state index in [2.05, 4.69) is 66.5 Å². The zero-order chi connectivity index (χ0) is 18.2. The molecule has 0 radical (unpaired) electrons. The molecule has 3 aromatic rings. The molecule has 0 unspecified atom stereocenters. The van der Waals surface area contributed by atoms with E-state index in [1.807, 2.05) is 42.5 Å². The van der Waals surface area contributed by atoms with E-state index in [4.69, 9.17) is 5.26 Å². The van der Waals surface area contributed by atoms with Crippen LogP contribution in [-0.2, 0) is 5.41 Å². The Balaban J connectivity index is 1.99. The van der Waals surface area contributed by atoms with E-state index in [-0.39, 0.29) is 5.41 Å². The van der Waals surface area contributed by atoms with Crippen molar-refractivity contribution in [3.8, 4) is 6.07 Å². The molecule has 2 heteroatoms. The summed E-state index contributed by atoms with van der Waals surface area (Å²) in [5, 5.41) is 12.5. The second-order valence-electron chi connectivity index (χ2n) is 6.35. The molecular weight excluding hydrogens is 316 g/mol. The Bertz CT molecular complexity index is 836. The lowest BCUT2D eigenvalue weighted by Gasteiger charge is -2.35. The van der Waals surface area contributed by atoms with Gasteiger partial charge in [-0.3, -0.25) is 0 Å². The monoisotopic (exact) mass is 338 g/mol. The topological polar surface area (TPSA) is 35.8 Å². The molecule has 0 bridgehead atoms. The molecule has 1 N–H and O–H groups in total. The van der Waals surface area contributed by atoms with Crippen molar-refractivity contribution in [3.63, 3.8) is 0 Å². The van der Waals surface area contributed by atoms with Gasteiger partial charge in [0.05, 0.1) is 11.6 Å². The number of nitrogens with one attached hydrogen (secondary N) is 1. The number of nitriles is 1. The first-order valence-corrected chi connectivity index (χ1v) is 8.74. The fraction of sp³-hybridized carbons (Fsp3) is 0.125. The Morgan fingerprint density at radius 1 is 0.846 bits per heavy atom. The lowest BCUT2D eigenvalue weighted by molar-refractivity contribution is 0.550. The number of hydrogen-bond donors (Lipinski definition) is 1. The van der Waals surface area contributed by atoms with Crippen LogP contribution in [0.25, 0.3) is 0 Å². The van der Waals surface area contributed by atoms with Gasteiger partial charge >= 0.3 is 0 Å². The summed E-state index contributed by atoms with van der Waals surface area (Å²) in [6.07, 6.45) is 2.81. The van der Waals surface area contributed by atoms with Crippen molar-refractivity contribution in [2.45, 2.75) is 11.8 Å². The van der Waals surface area contributed by atoms with E-state index in [0.29, 0.717) is 5.56 Å². The van der Waals surface area contributed by atoms with Crippen LogP contribution in [0.1, 0.15) is 23.1 Å². The van der Waals surface area contributed by atoms with E-state index in [9.17, 15) is 0 Å². The minimum Gasteiger partial charge on any atom is -0.384 e. The smallest absolute Gasteiger partial charge is 0.0991 e. The van der Waals surface area contributed by atoms with E-state index in [1.165, 1.54) is 11.1 Å². The second-order valence-corrected chi connectivity index (χ2v) is 6.35. The summed E-state index contributed by atoms with van der Waals surface area (Å²) in [5.74, 6) is 0. The van der Waals surface area contributed by atoms with Gasteiger partial charge in [-0.15, -0.1) is 6.58 Å². The Hall–Kier alpha value is -3.31. The average Bonchev–Trinajstić information content (AvgIpc) is 2.73. The van der Waals surface area contributed by atoms with Crippen molar-refractivity contribution < 1.29 is 0 Å². The highest BCUT2D eigenvalue weighted by Crippen LogP contribution is 2.36. The van der Waals surface area contributed by atoms with Crippen LogP contribution in [0.5, 0.6) is 0 Å². The van der Waals surface area contributed by atoms with Crippen molar-refractivity contribution in [1.29, 1.82) is 5.26 Å². The average molecular weight is 338 g/mol. The van der Waals surface area contributed by atoms with Crippen LogP contribution in [0.2, 0.25) is 0 Å². The van der Waals surface area contributed by atoms with Crippen LogP contribution < -0.4 is 5.32 Å². The zero-order valence-corrected chi connectivity index (χ0v) is 14.7. The Labute approximate surface area is 155 Å². The molecule has 2 nitrogen and oxygen atoms in total. The molecule has 26 heavy (non-hydrogen) atoms. The molecule has 0 spiro atoms. The number of anilines is 1. The normalized spacial score (nSPS) is 10.7. The molecule has 3 aromatic carbocycles. The Morgan fingerprint density at radius 2 is 1.38 bits per heavy atom. The maximum Gasteiger partial charge on any atom is 0.0991 e. The van der Waals surface area contributed by atoms with Crippen LogP contribution in [-0.4, -0.2) is 6.54 Å². The summed E-state index contributed by atoms with van der Waals surface area (Å²) in [4.78, 5) is 0. The Kier molecular flexibility index (Phi) is 5.51. The van der Waals surface area contributed by atoms with Crippen LogP contribution in [0, 0.1) is 11.3 Å². The van der Waals surface area contributed by atoms with Gasteiger partial charge in [0.2, 0.25) is 0 Å². The van der Waals surface area contributed by atoms with Gasteiger partial charge in [0.15, 0.2) is 0 Å². The van der Waals surface area contributed by atoms with Crippen molar-refractivity contribution in [2.24, 2.45) is 0 Å². The number of rotatable bonds is 7. The fourth-order valence-corrected chi connectivity index (χ4v) is 3.36. The van der Waals surface area contributed by atoms with Crippen LogP contribution in [0.4, 0.5) is 5.69 Å². The maximum absolute atomic E-state index is 8.97. The summed E-state index contributed by atoms with van der Waals surface area (Å²) in [6, 6.07) is 30.9. The van der Waals surface area contributed by atoms with Gasteiger partial charge in [-0.2, -0.15) is 5.26 Å². The minimum atomic E-state index is -0.210. The summed E-state index contributed by atoms with van der Waals surface area (Å²) in [7, 11) is 0. The van der Waals surface area contributed by atoms with E-state index in [0.717, 1.165) is 18.7 Å². The van der Waals surface area contributed by atoms with Gasteiger partial charge in [0.25, 0.3) is 0 Å². The summed E-state index contributed by atoms with van der Waals surface area (Å²) in [6.45, 7) is 4.75. The summed E-state index contributed by atoms with van der Waals surface area (Å²) < 4.78 is 0. The van der Waals surface area contributed by atoms with Crippen molar-refractivity contribution in [1.82, 2.24) is 0 Å². The molecular formula is C24H22N2. The molecule has 0 fully saturated rings. The van der Waals surface area contributed by atoms with Gasteiger partial charge in [-0.05, 0) is 41.8 Å². The second kappa shape index (κ2) is 8.18. The first kappa shape index (κ1) is 17.5. The third kappa shape index (κ3) is 3.68. The van der Waals surface area contributed by atoms with Crippen LogP contribution in [0.15, 0.2) is 97.6 Å². The van der Waals surface area contributed by atoms with Crippen molar-refractivity contribution in [2.75, 3.05) is 11.9 Å². The fourth-order valence-electron chi connectivity index (χ4n) is 3.36. The van der Waals surface area contributed by atoms with Crippen molar-refractivity contribution in [3.05, 3.63) is 114 Å². The van der Waals surface area contributed by atoms with E-state index >= 15 is 0 Å². The third-order valence-corrected chi connectivity index (χ3v) is 4.75. The van der Waals surface area contributed by atoms with Crippen LogP contribution in [0.3, 0.4) is 0 Å². The lowest BCUT2D eigenvalue weighted by Crippen LogP contribution is -2.35. The molecule has 0 aliphatic carbocycles. The highest BCUT2D eigenvalue weighted by Gasteiger charge is 2.32. The molecule has 128 valence electrons. The molecule has 3 rings (SSSR count). The third-order valence-electron chi connectivity index (χ3n) is 4.75. The summed E-state index contributed by atoms with van der Waals surface area (Å²) in [5.41, 5.74) is 3.97. The van der Waals surface area contributed by atoms with Crippen LogP contribution >= 0.6 is 0 Å². The van der Waals surface area contributed by atoms with E-state index < -0.39 is 0 Å². The Morgan fingerprint density at radius 3 is 1.85 bits per heavy atom. The first-order chi connectivity index (χ1) is 12.8. The molecule has 0 atom stereocenters. The van der Waals surface area contributed by atoms with Gasteiger partial charge in [0.1, 0.15) is 0 Å². The number of nitrogens with zero attached hydrogens (tertiary/aromatic N) is 1. The van der Waals surface area contributed by atoms with E-state index in [1.54, 1.807) is 0 Å². The molecule has 0 aliphatic heterocycles. The number of benzene rings is 3. The quantitative estimate of drug-likeness (QED) is 0.575. The van der Waals surface area contributed by atoms with Crippen molar-refractivity contribution >= 4 is 5.69 Å². The maximum atomic E-state index is 8.97. The molecule has 0 amide bonds. The van der Waals surface area contributed by atoms with Gasteiger partial charge < -0.3 is 5.32 Å². The predicted octanol–water partition coefficient (Wildman–Crippen LogP) is 5.53. The predicted molar refractivity (Wildman–Crippen MR) is 108 cm³/mol. The highest BCUT2D eigenvalue weighted by molar-refractivity contribution is 5.50. The number of hydrogen-bond acceptors (Lipinski definition) is 2. The van der Waals surface area contributed by atoms with Gasteiger partial charge in [-0.25, -0.2) is 0 Å². The minimum absolute atomic E-state index is 0.210. The standard InChI is InChI=1S/C24H22N2/c1-2-17-24(21-9-5-3-6-10-21,22-11-7-4-8-12-22)19-26-23-15-13-20(18-25)14-16-23/h2-16,26H,1,17,19H2. The van der Waals surface area contributed by atoms with Gasteiger partial charge in [0, 0.05) is 17.6 Å². The zero-order valence-electron chi connectivity index (χ0n) is 14.7. The molecule has 0 saturated carbocycles. The number of allylic oxidation sites excluding steroid dienone is 1. The SMILES string of the molecule is C=CCC(CNc1ccc(C#N)cc1)(c1ccccc1)c1ccccc1. The molecule has 0 aliphatic rings. The summed E-state index contributed by atoms with van der Waals surface area (Å²) >= 11 is 0. The lowest BCUT2D eigenvalue weighted by atomic mass is 9.72. The molecule has 0 heterocycles. The largest absolute Gasteiger partial charge is 0.384 e. The molecule has 0 saturated heterocycles. The first-order valence-electron chi connectivity index (χ1n) is 8.74. The highest BCUT2D eigenvalue weighted by atomic mass is 14.9. The van der Waals surface area contributed by atoms with Gasteiger partial charge in [-0.1, -0.05) is 66.7 Å². The molecule has 0 aromatic heterocycles.